The summed E-state index contributed by atoms with van der Waals surface area (Å²) in [6.07, 6.45) is 1.83. The zero-order valence-corrected chi connectivity index (χ0v) is 24.0. The summed E-state index contributed by atoms with van der Waals surface area (Å²) in [5, 5.41) is 4.24. The number of nitrogens with one attached hydrogen (secondary N) is 1. The molecule has 0 aliphatic carbocycles. The Morgan fingerprint density at radius 1 is 0.846 bits per heavy atom. The van der Waals surface area contributed by atoms with Gasteiger partial charge in [0.15, 0.2) is 5.11 Å². The van der Waals surface area contributed by atoms with Crippen molar-refractivity contribution in [3.05, 3.63) is 136 Å². The van der Waals surface area contributed by atoms with Gasteiger partial charge in [0.25, 0.3) is 0 Å². The number of aryl methyl sites for hydroxylation is 1. The van der Waals surface area contributed by atoms with E-state index in [0.717, 1.165) is 44.4 Å². The number of para-hydroxylation sites is 2. The second-order valence-corrected chi connectivity index (χ2v) is 10.8. The molecule has 0 saturated carbocycles. The van der Waals surface area contributed by atoms with Gasteiger partial charge in [-0.1, -0.05) is 36.4 Å². The lowest BCUT2D eigenvalue weighted by molar-refractivity contribution is 0.482. The molecule has 1 aliphatic heterocycles. The predicted octanol–water partition coefficient (Wildman–Crippen LogP) is 8.22. The minimum absolute atomic E-state index is 0.101. The first-order valence-corrected chi connectivity index (χ1v) is 14.0. The number of pyridine rings is 1. The average Bonchev–Trinajstić information content (AvgIpc) is 3.45. The highest BCUT2D eigenvalue weighted by Gasteiger charge is 2.42. The molecule has 1 fully saturated rings. The minimum atomic E-state index is -0.118. The second kappa shape index (κ2) is 10.7. The van der Waals surface area contributed by atoms with E-state index >= 15 is 0 Å². The third-order valence-corrected chi connectivity index (χ3v) is 8.06. The highest BCUT2D eigenvalue weighted by atomic mass is 79.9. The molecule has 6 rings (SSSR count). The molecule has 1 saturated heterocycles. The van der Waals surface area contributed by atoms with Crippen molar-refractivity contribution in [1.82, 2.24) is 14.9 Å². The summed E-state index contributed by atoms with van der Waals surface area (Å²) in [4.78, 5) is 6.91. The number of aromatic nitrogens is 2. The largest absolute Gasteiger partial charge is 0.457 e. The van der Waals surface area contributed by atoms with Gasteiger partial charge in [-0.2, -0.15) is 0 Å². The fraction of sp³-hybridized carbons (Fsp3) is 0.125. The van der Waals surface area contributed by atoms with Gasteiger partial charge in [-0.05, 0) is 114 Å². The van der Waals surface area contributed by atoms with Crippen LogP contribution in [0.25, 0.3) is 5.69 Å². The second-order valence-electron chi connectivity index (χ2n) is 9.52. The first-order chi connectivity index (χ1) is 19.0. The molecule has 1 aliphatic rings. The van der Waals surface area contributed by atoms with Crippen LogP contribution in [0.2, 0.25) is 0 Å². The molecule has 3 heterocycles. The quantitative estimate of drug-likeness (QED) is 0.201. The molecule has 2 aromatic heterocycles. The van der Waals surface area contributed by atoms with E-state index < -0.39 is 0 Å². The van der Waals surface area contributed by atoms with Crippen molar-refractivity contribution in [1.29, 1.82) is 0 Å². The average molecular weight is 596 g/mol. The van der Waals surface area contributed by atoms with Crippen LogP contribution in [0.5, 0.6) is 11.5 Å². The summed E-state index contributed by atoms with van der Waals surface area (Å²) in [5.41, 5.74) is 6.54. The smallest absolute Gasteiger partial charge is 0.174 e. The van der Waals surface area contributed by atoms with Gasteiger partial charge < -0.3 is 19.5 Å². The van der Waals surface area contributed by atoms with Gasteiger partial charge in [-0.15, -0.1) is 0 Å². The molecule has 194 valence electrons. The Kier molecular flexibility index (Phi) is 6.94. The van der Waals surface area contributed by atoms with Gasteiger partial charge in [0.1, 0.15) is 11.5 Å². The molecule has 5 aromatic rings. The molecule has 0 unspecified atom stereocenters. The summed E-state index contributed by atoms with van der Waals surface area (Å²) < 4.78 is 9.38. The number of halogens is 1. The van der Waals surface area contributed by atoms with Gasteiger partial charge >= 0.3 is 0 Å². The Balaban J connectivity index is 1.43. The van der Waals surface area contributed by atoms with Crippen LogP contribution in [-0.2, 0) is 0 Å². The first kappa shape index (κ1) is 25.3. The summed E-state index contributed by atoms with van der Waals surface area (Å²) in [6, 6.07) is 34.3. The topological polar surface area (TPSA) is 42.3 Å². The zero-order valence-electron chi connectivity index (χ0n) is 21.6. The van der Waals surface area contributed by atoms with Crippen molar-refractivity contribution < 1.29 is 4.74 Å². The Bertz CT molecular complexity index is 1620. The molecule has 7 heteroatoms. The number of thiocarbonyl (C=S) groups is 1. The molecule has 0 radical (unpaired) electrons. The van der Waals surface area contributed by atoms with Crippen LogP contribution in [0.3, 0.4) is 0 Å². The molecule has 1 N–H and O–H groups in total. The zero-order chi connectivity index (χ0) is 26.9. The third-order valence-electron chi connectivity index (χ3n) is 7.07. The van der Waals surface area contributed by atoms with Crippen molar-refractivity contribution in [2.45, 2.75) is 25.9 Å². The van der Waals surface area contributed by atoms with E-state index in [2.05, 4.69) is 87.0 Å². The summed E-state index contributed by atoms with van der Waals surface area (Å²) in [5.74, 6) is 1.57. The number of benzene rings is 3. The van der Waals surface area contributed by atoms with E-state index in [9.17, 15) is 0 Å². The van der Waals surface area contributed by atoms with Crippen molar-refractivity contribution in [3.8, 4) is 17.2 Å². The van der Waals surface area contributed by atoms with Crippen LogP contribution in [0, 0.1) is 13.8 Å². The molecule has 5 nitrogen and oxygen atoms in total. The number of rotatable bonds is 6. The Labute approximate surface area is 242 Å². The van der Waals surface area contributed by atoms with Gasteiger partial charge in [0.2, 0.25) is 0 Å². The predicted molar refractivity (Wildman–Crippen MR) is 164 cm³/mol. The standard InChI is InChI=1S/C32H27BrN4OS/c1-21-20-26(22(2)36(21)29-14-7-6-12-27(29)33)31-30(28-13-8-9-19-34-28)35-32(39)37(31)23-15-17-25(18-16-23)38-24-10-4-3-5-11-24/h3-20,30-31H,1-2H3,(H,35,39)/t30-,31-/m1/s1. The van der Waals surface area contributed by atoms with E-state index in [1.165, 1.54) is 5.56 Å². The lowest BCUT2D eigenvalue weighted by Crippen LogP contribution is -2.29. The fourth-order valence-corrected chi connectivity index (χ4v) is 6.15. The number of hydrogen-bond donors (Lipinski definition) is 1. The van der Waals surface area contributed by atoms with E-state index in [0.29, 0.717) is 5.11 Å². The molecule has 0 bridgehead atoms. The number of anilines is 1. The van der Waals surface area contributed by atoms with E-state index in [4.69, 9.17) is 21.9 Å². The van der Waals surface area contributed by atoms with E-state index in [1.807, 2.05) is 66.9 Å². The van der Waals surface area contributed by atoms with Crippen LogP contribution < -0.4 is 15.0 Å². The van der Waals surface area contributed by atoms with Crippen LogP contribution in [-0.4, -0.2) is 14.7 Å². The maximum absolute atomic E-state index is 6.04. The molecular formula is C32H27BrN4OS. The van der Waals surface area contributed by atoms with Crippen LogP contribution in [0.15, 0.2) is 114 Å². The molecule has 39 heavy (non-hydrogen) atoms. The molecule has 3 aromatic carbocycles. The molecular weight excluding hydrogens is 568 g/mol. The van der Waals surface area contributed by atoms with Gasteiger partial charge in [-0.3, -0.25) is 4.98 Å². The number of hydrogen-bond acceptors (Lipinski definition) is 3. The van der Waals surface area contributed by atoms with Gasteiger partial charge in [0, 0.05) is 27.7 Å². The summed E-state index contributed by atoms with van der Waals surface area (Å²) >= 11 is 9.70. The number of ether oxygens (including phenoxy) is 1. The molecule has 0 spiro atoms. The maximum Gasteiger partial charge on any atom is 0.174 e. The highest BCUT2D eigenvalue weighted by molar-refractivity contribution is 9.10. The van der Waals surface area contributed by atoms with Gasteiger partial charge in [0.05, 0.1) is 23.5 Å². The Morgan fingerprint density at radius 2 is 1.54 bits per heavy atom. The SMILES string of the molecule is Cc1cc([C@@H]2[C@@H](c3ccccn3)NC(=S)N2c2ccc(Oc3ccccc3)cc2)c(C)n1-c1ccccc1Br. The normalized spacial score (nSPS) is 16.8. The highest BCUT2D eigenvalue weighted by Crippen LogP contribution is 2.44. The van der Waals surface area contributed by atoms with Crippen LogP contribution in [0.1, 0.15) is 34.7 Å². The van der Waals surface area contributed by atoms with Crippen molar-refractivity contribution in [2.75, 3.05) is 4.90 Å². The minimum Gasteiger partial charge on any atom is -0.457 e. The van der Waals surface area contributed by atoms with Crippen LogP contribution >= 0.6 is 28.1 Å². The van der Waals surface area contributed by atoms with Crippen LogP contribution in [0.4, 0.5) is 5.69 Å². The fourth-order valence-electron chi connectivity index (χ4n) is 5.34. The van der Waals surface area contributed by atoms with Gasteiger partial charge in [-0.25, -0.2) is 0 Å². The summed E-state index contributed by atoms with van der Waals surface area (Å²) in [7, 11) is 0. The molecule has 0 amide bonds. The molecule has 2 atom stereocenters. The Hall–Kier alpha value is -3.94. The third kappa shape index (κ3) is 4.84. The monoisotopic (exact) mass is 594 g/mol. The maximum atomic E-state index is 6.04. The van der Waals surface area contributed by atoms with E-state index in [-0.39, 0.29) is 12.1 Å². The Morgan fingerprint density at radius 3 is 2.26 bits per heavy atom. The van der Waals surface area contributed by atoms with E-state index in [1.54, 1.807) is 0 Å². The number of nitrogens with zero attached hydrogens (tertiary/aromatic N) is 3. The van der Waals surface area contributed by atoms with Crippen molar-refractivity contribution >= 4 is 38.9 Å². The van der Waals surface area contributed by atoms with Crippen molar-refractivity contribution in [3.63, 3.8) is 0 Å². The lowest BCUT2D eigenvalue weighted by Gasteiger charge is -2.28. The summed E-state index contributed by atoms with van der Waals surface area (Å²) in [6.45, 7) is 4.32. The van der Waals surface area contributed by atoms with Crippen molar-refractivity contribution in [2.24, 2.45) is 0 Å². The first-order valence-electron chi connectivity index (χ1n) is 12.8. The lowest BCUT2D eigenvalue weighted by atomic mass is 9.96.